The van der Waals surface area contributed by atoms with Crippen LogP contribution in [0.3, 0.4) is 0 Å². The fraction of sp³-hybridized carbons (Fsp3) is 1.00. The number of hydrogen-bond donors (Lipinski definition) is 1. The Labute approximate surface area is 113 Å². The van der Waals surface area contributed by atoms with Crippen LogP contribution in [0.15, 0.2) is 0 Å². The van der Waals surface area contributed by atoms with Crippen molar-refractivity contribution < 1.29 is 13.2 Å². The molecule has 0 spiro atoms. The molecule has 1 atom stereocenters. The Morgan fingerprint density at radius 3 is 2.47 bits per heavy atom. The Morgan fingerprint density at radius 2 is 2.06 bits per heavy atom. The number of hydrogen-bond acceptors (Lipinski definition) is 3. The van der Waals surface area contributed by atoms with Crippen molar-refractivity contribution in [1.29, 1.82) is 0 Å². The van der Waals surface area contributed by atoms with E-state index in [9.17, 15) is 8.42 Å². The van der Waals surface area contributed by atoms with Crippen LogP contribution in [0.2, 0.25) is 0 Å². The summed E-state index contributed by atoms with van der Waals surface area (Å²) < 4.78 is 31.9. The maximum absolute atomic E-state index is 12.0. The largest absolute Gasteiger partial charge is 0.377 e. The highest BCUT2D eigenvalue weighted by Gasteiger charge is 2.33. The fourth-order valence-corrected chi connectivity index (χ4v) is 4.48. The normalized spacial score (nSPS) is 21.9. The van der Waals surface area contributed by atoms with Crippen molar-refractivity contribution in [1.82, 2.24) is 4.72 Å². The van der Waals surface area contributed by atoms with E-state index in [4.69, 9.17) is 27.9 Å². The Bertz CT molecular complexity index is 316. The van der Waals surface area contributed by atoms with Crippen LogP contribution >= 0.6 is 23.2 Å². The molecule has 17 heavy (non-hydrogen) atoms. The zero-order chi connectivity index (χ0) is 12.9. The molecule has 102 valence electrons. The molecule has 1 fully saturated rings. The summed E-state index contributed by atoms with van der Waals surface area (Å²) in [7, 11) is -3.40. The Kier molecular flexibility index (Phi) is 5.99. The molecule has 1 aliphatic heterocycles. The van der Waals surface area contributed by atoms with Gasteiger partial charge in [-0.25, -0.2) is 13.1 Å². The van der Waals surface area contributed by atoms with Gasteiger partial charge in [-0.05, 0) is 19.3 Å². The summed E-state index contributed by atoms with van der Waals surface area (Å²) in [5.41, 5.74) is -0.749. The molecule has 0 aromatic heterocycles. The molecule has 0 radical (unpaired) electrons. The van der Waals surface area contributed by atoms with Crippen LogP contribution in [0.25, 0.3) is 0 Å². The number of rotatable bonds is 7. The van der Waals surface area contributed by atoms with Gasteiger partial charge in [0.1, 0.15) is 0 Å². The van der Waals surface area contributed by atoms with Crippen LogP contribution in [-0.4, -0.2) is 44.2 Å². The highest BCUT2D eigenvalue weighted by Crippen LogP contribution is 2.19. The van der Waals surface area contributed by atoms with Crippen molar-refractivity contribution in [3.8, 4) is 0 Å². The Morgan fingerprint density at radius 1 is 1.41 bits per heavy atom. The zero-order valence-corrected chi connectivity index (χ0v) is 12.2. The van der Waals surface area contributed by atoms with E-state index in [1.807, 2.05) is 6.92 Å². The van der Waals surface area contributed by atoms with Crippen LogP contribution in [0, 0.1) is 0 Å². The van der Waals surface area contributed by atoms with Gasteiger partial charge in [-0.15, -0.1) is 23.2 Å². The SMILES string of the molecule is CCC(CCl)(CCl)NS(=O)(=O)CC1CCCO1. The molecular formula is C10H19Cl2NO3S. The van der Waals surface area contributed by atoms with E-state index in [1.54, 1.807) is 0 Å². The van der Waals surface area contributed by atoms with Crippen LogP contribution in [0.5, 0.6) is 0 Å². The highest BCUT2D eigenvalue weighted by molar-refractivity contribution is 7.89. The smallest absolute Gasteiger partial charge is 0.214 e. The second kappa shape index (κ2) is 6.57. The van der Waals surface area contributed by atoms with Crippen LogP contribution in [0.1, 0.15) is 26.2 Å². The predicted molar refractivity (Wildman–Crippen MR) is 70.4 cm³/mol. The lowest BCUT2D eigenvalue weighted by Gasteiger charge is -2.29. The first kappa shape index (κ1) is 15.5. The van der Waals surface area contributed by atoms with Crippen molar-refractivity contribution >= 4 is 33.2 Å². The van der Waals surface area contributed by atoms with Gasteiger partial charge in [0.15, 0.2) is 0 Å². The van der Waals surface area contributed by atoms with Gasteiger partial charge >= 0.3 is 0 Å². The van der Waals surface area contributed by atoms with E-state index < -0.39 is 15.6 Å². The summed E-state index contributed by atoms with van der Waals surface area (Å²) in [6.45, 7) is 2.50. The van der Waals surface area contributed by atoms with Gasteiger partial charge in [0.25, 0.3) is 0 Å². The second-order valence-electron chi connectivity index (χ2n) is 4.42. The summed E-state index contributed by atoms with van der Waals surface area (Å²) in [5.74, 6) is 0.317. The minimum absolute atomic E-state index is 0.0114. The topological polar surface area (TPSA) is 55.4 Å². The molecule has 4 nitrogen and oxygen atoms in total. The van der Waals surface area contributed by atoms with E-state index >= 15 is 0 Å². The lowest BCUT2D eigenvalue weighted by atomic mass is 10.0. The van der Waals surface area contributed by atoms with Crippen molar-refractivity contribution in [2.24, 2.45) is 0 Å². The van der Waals surface area contributed by atoms with E-state index in [0.29, 0.717) is 13.0 Å². The van der Waals surface area contributed by atoms with Crippen molar-refractivity contribution in [3.05, 3.63) is 0 Å². The lowest BCUT2D eigenvalue weighted by Crippen LogP contribution is -2.52. The number of nitrogens with one attached hydrogen (secondary N) is 1. The molecule has 0 bridgehead atoms. The first-order chi connectivity index (χ1) is 7.97. The lowest BCUT2D eigenvalue weighted by molar-refractivity contribution is 0.127. The molecular weight excluding hydrogens is 285 g/mol. The first-order valence-electron chi connectivity index (χ1n) is 5.72. The van der Waals surface area contributed by atoms with E-state index in [1.165, 1.54) is 0 Å². The number of alkyl halides is 2. The zero-order valence-electron chi connectivity index (χ0n) is 9.92. The second-order valence-corrected chi connectivity index (χ2v) is 6.72. The van der Waals surface area contributed by atoms with Gasteiger partial charge in [-0.1, -0.05) is 6.92 Å². The molecule has 1 N–H and O–H groups in total. The molecule has 1 aliphatic rings. The van der Waals surface area contributed by atoms with Crippen molar-refractivity contribution in [3.63, 3.8) is 0 Å². The van der Waals surface area contributed by atoms with Crippen molar-refractivity contribution in [2.75, 3.05) is 24.1 Å². The first-order valence-corrected chi connectivity index (χ1v) is 8.44. The molecule has 1 unspecified atom stereocenters. The third-order valence-electron chi connectivity index (χ3n) is 2.99. The molecule has 1 rings (SSSR count). The maximum Gasteiger partial charge on any atom is 0.214 e. The molecule has 1 saturated heterocycles. The van der Waals surface area contributed by atoms with Crippen LogP contribution < -0.4 is 4.72 Å². The highest BCUT2D eigenvalue weighted by atomic mass is 35.5. The fourth-order valence-electron chi connectivity index (χ4n) is 1.74. The standard InChI is InChI=1S/C10H19Cl2NO3S/c1-2-10(7-11,8-12)13-17(14,15)6-9-4-3-5-16-9/h9,13H,2-8H2,1H3. The third-order valence-corrected chi connectivity index (χ3v) is 5.57. The predicted octanol–water partition coefficient (Wildman–Crippen LogP) is 1.71. The minimum atomic E-state index is -3.40. The number of ether oxygens (including phenoxy) is 1. The molecule has 1 heterocycles. The van der Waals surface area contributed by atoms with Gasteiger partial charge in [0, 0.05) is 18.4 Å². The number of sulfonamides is 1. The monoisotopic (exact) mass is 303 g/mol. The summed E-state index contributed by atoms with van der Waals surface area (Å²) in [5, 5.41) is 0. The molecule has 0 aromatic carbocycles. The van der Waals surface area contributed by atoms with Crippen LogP contribution in [-0.2, 0) is 14.8 Å². The quantitative estimate of drug-likeness (QED) is 0.729. The Hall–Kier alpha value is 0.450. The van der Waals surface area contributed by atoms with E-state index in [0.717, 1.165) is 12.8 Å². The average molecular weight is 304 g/mol. The van der Waals surface area contributed by atoms with Gasteiger partial charge in [-0.3, -0.25) is 0 Å². The summed E-state index contributed by atoms with van der Waals surface area (Å²) in [4.78, 5) is 0. The van der Waals surface area contributed by atoms with Gasteiger partial charge in [0.2, 0.25) is 10.0 Å². The molecule has 7 heteroatoms. The third kappa shape index (κ3) is 4.56. The van der Waals surface area contributed by atoms with Gasteiger partial charge < -0.3 is 4.74 Å². The Balaban J connectivity index is 2.63. The minimum Gasteiger partial charge on any atom is -0.377 e. The van der Waals surface area contributed by atoms with Gasteiger partial charge in [0.05, 0.1) is 17.4 Å². The summed E-state index contributed by atoms with van der Waals surface area (Å²) >= 11 is 11.6. The van der Waals surface area contributed by atoms with Crippen molar-refractivity contribution in [2.45, 2.75) is 37.8 Å². The van der Waals surface area contributed by atoms with E-state index in [2.05, 4.69) is 4.72 Å². The molecule has 0 aromatic rings. The van der Waals surface area contributed by atoms with Gasteiger partial charge in [-0.2, -0.15) is 0 Å². The van der Waals surface area contributed by atoms with Crippen LogP contribution in [0.4, 0.5) is 0 Å². The maximum atomic E-state index is 12.0. The molecule has 0 amide bonds. The summed E-state index contributed by atoms with van der Waals surface area (Å²) in [6.07, 6.45) is 2.07. The molecule has 0 aliphatic carbocycles. The average Bonchev–Trinajstić information content (AvgIpc) is 2.78. The molecule has 0 saturated carbocycles. The number of halogens is 2. The van der Waals surface area contributed by atoms with E-state index in [-0.39, 0.29) is 23.6 Å². The summed E-state index contributed by atoms with van der Waals surface area (Å²) in [6, 6.07) is 0.